The second-order valence-electron chi connectivity index (χ2n) is 7.93. The fourth-order valence-electron chi connectivity index (χ4n) is 3.50. The average Bonchev–Trinajstić information content (AvgIpc) is 3.27. The Morgan fingerprint density at radius 3 is 1.82 bits per heavy atom. The number of Topliss-reactive ketones (excluding diaryl/α,β-unsaturated/α-hetero) is 1. The van der Waals surface area contributed by atoms with Crippen LogP contribution in [0.25, 0.3) is 21.7 Å². The van der Waals surface area contributed by atoms with Crippen LogP contribution in [0, 0.1) is 0 Å². The molecule has 182 valence electrons. The van der Waals surface area contributed by atoms with E-state index < -0.39 is 12.3 Å². The van der Waals surface area contributed by atoms with Gasteiger partial charge in [-0.25, -0.2) is 9.59 Å². The van der Waals surface area contributed by atoms with Gasteiger partial charge in [0.05, 0.1) is 18.6 Å². The van der Waals surface area contributed by atoms with Gasteiger partial charge >= 0.3 is 12.3 Å². The summed E-state index contributed by atoms with van der Waals surface area (Å²) in [6.45, 7) is 5.92. The van der Waals surface area contributed by atoms with E-state index in [0.717, 1.165) is 38.5 Å². The highest BCUT2D eigenvalue weighted by atomic mass is 16.7. The molecule has 0 aliphatic rings. The van der Waals surface area contributed by atoms with Gasteiger partial charge in [0.15, 0.2) is 28.6 Å². The number of benzene rings is 2. The molecule has 0 unspecified atom stereocenters. The molecule has 0 fully saturated rings. The van der Waals surface area contributed by atoms with E-state index in [1.54, 1.807) is 24.3 Å². The summed E-state index contributed by atoms with van der Waals surface area (Å²) in [5.41, 5.74) is 0.100. The SMILES string of the molecule is CCCCCOC(=O)Oc1c2ccccc2c(OC(=O)OCCCCC)c2oc(C(C)=O)cc12. The molecule has 2 aromatic carbocycles. The molecule has 34 heavy (non-hydrogen) atoms. The van der Waals surface area contributed by atoms with Gasteiger partial charge < -0.3 is 23.4 Å². The largest absolute Gasteiger partial charge is 0.513 e. The molecular weight excluding hydrogens is 440 g/mol. The summed E-state index contributed by atoms with van der Waals surface area (Å²) in [5.74, 6) is -0.0534. The Labute approximate surface area is 198 Å². The lowest BCUT2D eigenvalue weighted by Gasteiger charge is -2.13. The van der Waals surface area contributed by atoms with Crippen LogP contribution in [0.15, 0.2) is 34.7 Å². The van der Waals surface area contributed by atoms with Gasteiger partial charge in [-0.15, -0.1) is 0 Å². The zero-order chi connectivity index (χ0) is 24.5. The molecule has 0 saturated carbocycles. The zero-order valence-electron chi connectivity index (χ0n) is 19.8. The Morgan fingerprint density at radius 2 is 1.29 bits per heavy atom. The van der Waals surface area contributed by atoms with Crippen molar-refractivity contribution in [1.82, 2.24) is 0 Å². The van der Waals surface area contributed by atoms with Gasteiger partial charge in [-0.2, -0.15) is 0 Å². The van der Waals surface area contributed by atoms with Crippen LogP contribution in [0.4, 0.5) is 9.59 Å². The first-order valence-corrected chi connectivity index (χ1v) is 11.6. The number of carbonyl (C=O) groups excluding carboxylic acids is 3. The molecule has 1 aromatic heterocycles. The van der Waals surface area contributed by atoms with Gasteiger partial charge in [-0.05, 0) is 18.9 Å². The van der Waals surface area contributed by atoms with Crippen LogP contribution in [0.2, 0.25) is 0 Å². The van der Waals surface area contributed by atoms with E-state index in [2.05, 4.69) is 13.8 Å². The smallest absolute Gasteiger partial charge is 0.449 e. The van der Waals surface area contributed by atoms with E-state index in [4.69, 9.17) is 23.4 Å². The zero-order valence-corrected chi connectivity index (χ0v) is 19.8. The van der Waals surface area contributed by atoms with E-state index in [1.807, 2.05) is 0 Å². The number of carbonyl (C=O) groups is 3. The van der Waals surface area contributed by atoms with Gasteiger partial charge in [0.1, 0.15) is 0 Å². The molecule has 3 rings (SSSR count). The molecule has 8 nitrogen and oxygen atoms in total. The topological polar surface area (TPSA) is 101 Å². The quantitative estimate of drug-likeness (QED) is 0.125. The Kier molecular flexibility index (Phi) is 8.90. The van der Waals surface area contributed by atoms with Crippen molar-refractivity contribution in [2.45, 2.75) is 59.3 Å². The fraction of sp³-hybridized carbons (Fsp3) is 0.423. The maximum absolute atomic E-state index is 12.4. The number of ether oxygens (including phenoxy) is 4. The summed E-state index contributed by atoms with van der Waals surface area (Å²) < 4.78 is 27.2. The first kappa shape index (κ1) is 25.1. The third-order valence-corrected chi connectivity index (χ3v) is 5.25. The Morgan fingerprint density at radius 1 is 0.765 bits per heavy atom. The Bertz CT molecular complexity index is 1080. The average molecular weight is 471 g/mol. The number of hydrogen-bond donors (Lipinski definition) is 0. The summed E-state index contributed by atoms with van der Waals surface area (Å²) in [5, 5.41) is 1.26. The number of ketones is 1. The second kappa shape index (κ2) is 12.1. The highest BCUT2D eigenvalue weighted by Gasteiger charge is 2.25. The standard InChI is InChI=1S/C26H30O8/c1-4-6-10-14-30-25(28)33-22-18-12-8-9-13-19(18)23(34-26(29)31-15-11-7-5-2)24-20(22)16-21(32-24)17(3)27/h8-9,12-13,16H,4-7,10-11,14-15H2,1-3H3. The van der Waals surface area contributed by atoms with Crippen molar-refractivity contribution < 1.29 is 37.7 Å². The van der Waals surface area contributed by atoms with E-state index in [9.17, 15) is 14.4 Å². The lowest BCUT2D eigenvalue weighted by molar-refractivity contribution is 0.0962. The molecule has 3 aromatic rings. The Hall–Kier alpha value is -3.55. The fourth-order valence-corrected chi connectivity index (χ4v) is 3.50. The Balaban J connectivity index is 2.00. The first-order valence-electron chi connectivity index (χ1n) is 11.6. The lowest BCUT2D eigenvalue weighted by atomic mass is 10.1. The minimum Gasteiger partial charge on any atom is -0.449 e. The number of furan rings is 1. The molecule has 1 heterocycles. The van der Waals surface area contributed by atoms with Crippen LogP contribution in [0.1, 0.15) is 69.9 Å². The molecule has 0 N–H and O–H groups in total. The minimum absolute atomic E-state index is 0.0348. The van der Waals surface area contributed by atoms with Gasteiger partial charge in [0, 0.05) is 17.7 Å². The molecular formula is C26H30O8. The van der Waals surface area contributed by atoms with Gasteiger partial charge in [0.2, 0.25) is 0 Å². The third kappa shape index (κ3) is 6.07. The molecule has 0 radical (unpaired) electrons. The molecule has 0 amide bonds. The van der Waals surface area contributed by atoms with Crippen molar-refractivity contribution in [3.05, 3.63) is 36.1 Å². The molecule has 8 heteroatoms. The normalized spacial score (nSPS) is 10.9. The molecule has 0 aliphatic heterocycles. The van der Waals surface area contributed by atoms with Crippen LogP contribution in [0.5, 0.6) is 11.5 Å². The first-order chi connectivity index (χ1) is 16.5. The predicted molar refractivity (Wildman–Crippen MR) is 127 cm³/mol. The summed E-state index contributed by atoms with van der Waals surface area (Å²) in [6, 6.07) is 8.38. The minimum atomic E-state index is -0.882. The van der Waals surface area contributed by atoms with Crippen molar-refractivity contribution in [1.29, 1.82) is 0 Å². The van der Waals surface area contributed by atoms with Crippen LogP contribution in [-0.2, 0) is 9.47 Å². The maximum atomic E-state index is 12.4. The van der Waals surface area contributed by atoms with Crippen molar-refractivity contribution in [3.63, 3.8) is 0 Å². The predicted octanol–water partition coefficient (Wildman–Crippen LogP) is 7.20. The number of unbranched alkanes of at least 4 members (excludes halogenated alkanes) is 4. The maximum Gasteiger partial charge on any atom is 0.513 e. The highest BCUT2D eigenvalue weighted by molar-refractivity contribution is 6.12. The van der Waals surface area contributed by atoms with Crippen LogP contribution in [0.3, 0.4) is 0 Å². The van der Waals surface area contributed by atoms with Crippen molar-refractivity contribution in [2.24, 2.45) is 0 Å². The highest BCUT2D eigenvalue weighted by Crippen LogP contribution is 2.44. The van der Waals surface area contributed by atoms with Crippen LogP contribution < -0.4 is 9.47 Å². The van der Waals surface area contributed by atoms with Crippen LogP contribution >= 0.6 is 0 Å². The molecule has 0 bridgehead atoms. The lowest BCUT2D eigenvalue weighted by Crippen LogP contribution is -2.13. The van der Waals surface area contributed by atoms with E-state index in [0.29, 0.717) is 16.2 Å². The van der Waals surface area contributed by atoms with Crippen molar-refractivity contribution in [3.8, 4) is 11.5 Å². The van der Waals surface area contributed by atoms with Crippen molar-refractivity contribution in [2.75, 3.05) is 13.2 Å². The summed E-state index contributed by atoms with van der Waals surface area (Å²) in [4.78, 5) is 36.8. The van der Waals surface area contributed by atoms with Gasteiger partial charge in [-0.1, -0.05) is 63.8 Å². The summed E-state index contributed by atoms with van der Waals surface area (Å²) in [6.07, 6.45) is 3.57. The van der Waals surface area contributed by atoms with Gasteiger partial charge in [-0.3, -0.25) is 4.79 Å². The molecule has 0 saturated heterocycles. The number of rotatable bonds is 11. The molecule has 0 spiro atoms. The van der Waals surface area contributed by atoms with E-state index in [1.165, 1.54) is 13.0 Å². The number of fused-ring (bicyclic) bond motifs is 2. The van der Waals surface area contributed by atoms with Gasteiger partial charge in [0.25, 0.3) is 0 Å². The number of hydrogen-bond acceptors (Lipinski definition) is 8. The van der Waals surface area contributed by atoms with Crippen molar-refractivity contribution >= 4 is 39.8 Å². The molecule has 0 aliphatic carbocycles. The third-order valence-electron chi connectivity index (χ3n) is 5.25. The second-order valence-corrected chi connectivity index (χ2v) is 7.93. The monoisotopic (exact) mass is 470 g/mol. The summed E-state index contributed by atoms with van der Waals surface area (Å²) >= 11 is 0. The van der Waals surface area contributed by atoms with Crippen LogP contribution in [-0.4, -0.2) is 31.3 Å². The summed E-state index contributed by atoms with van der Waals surface area (Å²) in [7, 11) is 0. The molecule has 0 atom stereocenters. The van der Waals surface area contributed by atoms with E-state index in [-0.39, 0.29) is 41.8 Å². The van der Waals surface area contributed by atoms with E-state index >= 15 is 0 Å².